The minimum Gasteiger partial charge on any atom is -0.457 e. The van der Waals surface area contributed by atoms with Crippen LogP contribution in [-0.2, 0) is 22.6 Å². The van der Waals surface area contributed by atoms with Crippen LogP contribution in [0, 0.1) is 12.7 Å². The van der Waals surface area contributed by atoms with Crippen molar-refractivity contribution in [1.82, 2.24) is 5.32 Å². The van der Waals surface area contributed by atoms with Crippen molar-refractivity contribution in [2.24, 2.45) is 0 Å². The van der Waals surface area contributed by atoms with Crippen molar-refractivity contribution >= 4 is 11.7 Å². The number of nitrogens with one attached hydrogen (secondary N) is 1. The fourth-order valence-corrected chi connectivity index (χ4v) is 3.68. The summed E-state index contributed by atoms with van der Waals surface area (Å²) in [5.41, 5.74) is 2.31. The molecular weight excluding hydrogens is 469 g/mol. The smallest absolute Gasteiger partial charge is 0.252 e. The Labute approximate surface area is 215 Å². The number of Topliss-reactive ketones (excluding diaryl/α,β-unsaturated/α-hetero) is 1. The second kappa shape index (κ2) is 12.6. The Kier molecular flexibility index (Phi) is 8.79. The fourth-order valence-electron chi connectivity index (χ4n) is 3.68. The standard InChI is InChI=1S/C31H28FNO4/c1-22-12-15-25(19-28(22)32)31(35)33-29(21-36-20-24-8-4-2-5-9-24)30(34)18-23-13-16-27(17-14-23)37-26-10-6-3-7-11-26/h2-17,19,29H,18,20-21H2,1H3,(H,33,35). The van der Waals surface area contributed by atoms with Gasteiger partial charge in [0.1, 0.15) is 23.4 Å². The van der Waals surface area contributed by atoms with E-state index in [1.165, 1.54) is 18.2 Å². The molecule has 5 nitrogen and oxygen atoms in total. The lowest BCUT2D eigenvalue weighted by atomic mass is 10.0. The summed E-state index contributed by atoms with van der Waals surface area (Å²) in [7, 11) is 0. The molecule has 0 fully saturated rings. The number of rotatable bonds is 11. The van der Waals surface area contributed by atoms with Crippen LogP contribution in [0.1, 0.15) is 27.0 Å². The number of carbonyl (C=O) groups excluding carboxylic acids is 2. The van der Waals surface area contributed by atoms with Crippen LogP contribution in [0.2, 0.25) is 0 Å². The first-order valence-corrected chi connectivity index (χ1v) is 12.0. The van der Waals surface area contributed by atoms with Crippen LogP contribution in [0.15, 0.2) is 103 Å². The highest BCUT2D eigenvalue weighted by molar-refractivity contribution is 5.98. The van der Waals surface area contributed by atoms with Gasteiger partial charge in [0, 0.05) is 12.0 Å². The summed E-state index contributed by atoms with van der Waals surface area (Å²) < 4.78 is 25.6. The molecule has 0 aliphatic rings. The molecule has 1 amide bonds. The van der Waals surface area contributed by atoms with Crippen molar-refractivity contribution < 1.29 is 23.5 Å². The van der Waals surface area contributed by atoms with E-state index in [-0.39, 0.29) is 24.4 Å². The number of hydrogen-bond acceptors (Lipinski definition) is 4. The first-order valence-electron chi connectivity index (χ1n) is 12.0. The summed E-state index contributed by atoms with van der Waals surface area (Å²) in [5, 5.41) is 2.73. The highest BCUT2D eigenvalue weighted by Gasteiger charge is 2.22. The predicted molar refractivity (Wildman–Crippen MR) is 140 cm³/mol. The van der Waals surface area contributed by atoms with Gasteiger partial charge < -0.3 is 14.8 Å². The van der Waals surface area contributed by atoms with Crippen LogP contribution in [0.4, 0.5) is 4.39 Å². The number of amides is 1. The van der Waals surface area contributed by atoms with Gasteiger partial charge in [-0.2, -0.15) is 0 Å². The molecule has 1 unspecified atom stereocenters. The predicted octanol–water partition coefficient (Wildman–Crippen LogP) is 6.05. The maximum absolute atomic E-state index is 14.0. The molecule has 4 aromatic carbocycles. The van der Waals surface area contributed by atoms with Gasteiger partial charge in [-0.1, -0.05) is 66.7 Å². The number of halogens is 1. The molecule has 0 aliphatic carbocycles. The third-order valence-corrected chi connectivity index (χ3v) is 5.80. The average Bonchev–Trinajstić information content (AvgIpc) is 2.92. The lowest BCUT2D eigenvalue weighted by Gasteiger charge is -2.18. The second-order valence-electron chi connectivity index (χ2n) is 8.69. The van der Waals surface area contributed by atoms with Crippen LogP contribution in [0.25, 0.3) is 0 Å². The molecule has 0 aromatic heterocycles. The maximum Gasteiger partial charge on any atom is 0.252 e. The third-order valence-electron chi connectivity index (χ3n) is 5.80. The number of ether oxygens (including phenoxy) is 2. The number of ketones is 1. The number of aryl methyl sites for hydroxylation is 1. The van der Waals surface area contributed by atoms with Gasteiger partial charge in [0.25, 0.3) is 5.91 Å². The molecule has 6 heteroatoms. The molecule has 37 heavy (non-hydrogen) atoms. The van der Waals surface area contributed by atoms with E-state index in [9.17, 15) is 14.0 Å². The van der Waals surface area contributed by atoms with Crippen LogP contribution in [0.3, 0.4) is 0 Å². The molecular formula is C31H28FNO4. The number of para-hydroxylation sites is 1. The van der Waals surface area contributed by atoms with Gasteiger partial charge in [-0.25, -0.2) is 4.39 Å². The maximum atomic E-state index is 14.0. The summed E-state index contributed by atoms with van der Waals surface area (Å²) in [6, 6.07) is 29.5. The molecule has 0 radical (unpaired) electrons. The van der Waals surface area contributed by atoms with Crippen molar-refractivity contribution in [3.8, 4) is 11.5 Å². The van der Waals surface area contributed by atoms with Crippen LogP contribution in [0.5, 0.6) is 11.5 Å². The van der Waals surface area contributed by atoms with Gasteiger partial charge in [-0.3, -0.25) is 9.59 Å². The Morgan fingerprint density at radius 2 is 1.46 bits per heavy atom. The normalized spacial score (nSPS) is 11.5. The molecule has 1 atom stereocenters. The SMILES string of the molecule is Cc1ccc(C(=O)NC(COCc2ccccc2)C(=O)Cc2ccc(Oc3ccccc3)cc2)cc1F. The second-order valence-corrected chi connectivity index (χ2v) is 8.69. The lowest BCUT2D eigenvalue weighted by Crippen LogP contribution is -2.44. The van der Waals surface area contributed by atoms with Gasteiger partial charge in [0.15, 0.2) is 5.78 Å². The van der Waals surface area contributed by atoms with Crippen LogP contribution in [-0.4, -0.2) is 24.3 Å². The zero-order valence-electron chi connectivity index (χ0n) is 20.5. The number of hydrogen-bond donors (Lipinski definition) is 1. The number of benzene rings is 4. The molecule has 4 aromatic rings. The van der Waals surface area contributed by atoms with E-state index in [1.807, 2.05) is 72.8 Å². The Balaban J connectivity index is 1.42. The van der Waals surface area contributed by atoms with Crippen molar-refractivity contribution in [2.45, 2.75) is 26.0 Å². The highest BCUT2D eigenvalue weighted by atomic mass is 19.1. The monoisotopic (exact) mass is 497 g/mol. The van der Waals surface area contributed by atoms with E-state index in [0.29, 0.717) is 17.9 Å². The first-order chi connectivity index (χ1) is 18.0. The van der Waals surface area contributed by atoms with Crippen LogP contribution < -0.4 is 10.1 Å². The minimum absolute atomic E-state index is 0.0109. The molecule has 0 spiro atoms. The fraction of sp³-hybridized carbons (Fsp3) is 0.161. The van der Waals surface area contributed by atoms with E-state index in [2.05, 4.69) is 5.32 Å². The molecule has 0 saturated carbocycles. The van der Waals surface area contributed by atoms with Gasteiger partial charge >= 0.3 is 0 Å². The molecule has 1 N–H and O–H groups in total. The molecule has 0 aliphatic heterocycles. The van der Waals surface area contributed by atoms with Gasteiger partial charge in [-0.05, 0) is 60.0 Å². The zero-order valence-corrected chi connectivity index (χ0v) is 20.5. The Morgan fingerprint density at radius 3 is 2.14 bits per heavy atom. The van der Waals surface area contributed by atoms with E-state index in [4.69, 9.17) is 9.47 Å². The molecule has 0 saturated heterocycles. The average molecular weight is 498 g/mol. The largest absolute Gasteiger partial charge is 0.457 e. The summed E-state index contributed by atoms with van der Waals surface area (Å²) in [4.78, 5) is 26.0. The molecule has 188 valence electrons. The Morgan fingerprint density at radius 1 is 0.811 bits per heavy atom. The van der Waals surface area contributed by atoms with E-state index >= 15 is 0 Å². The van der Waals surface area contributed by atoms with E-state index in [1.54, 1.807) is 19.1 Å². The molecule has 4 rings (SSSR count). The van der Waals surface area contributed by atoms with E-state index in [0.717, 1.165) is 16.9 Å². The van der Waals surface area contributed by atoms with Gasteiger partial charge in [-0.15, -0.1) is 0 Å². The first kappa shape index (κ1) is 25.8. The number of carbonyl (C=O) groups is 2. The molecule has 0 heterocycles. The lowest BCUT2D eigenvalue weighted by molar-refractivity contribution is -0.121. The van der Waals surface area contributed by atoms with Gasteiger partial charge in [0.2, 0.25) is 0 Å². The quantitative estimate of drug-likeness (QED) is 0.274. The minimum atomic E-state index is -0.902. The highest BCUT2D eigenvalue weighted by Crippen LogP contribution is 2.21. The molecule has 0 bridgehead atoms. The van der Waals surface area contributed by atoms with Crippen molar-refractivity contribution in [3.05, 3.63) is 131 Å². The summed E-state index contributed by atoms with van der Waals surface area (Å²) in [6.45, 7) is 1.91. The summed E-state index contributed by atoms with van der Waals surface area (Å²) in [5.74, 6) is 0.142. The Hall–Kier alpha value is -4.29. The Bertz CT molecular complexity index is 1320. The van der Waals surface area contributed by atoms with Gasteiger partial charge in [0.05, 0.1) is 13.2 Å². The zero-order chi connectivity index (χ0) is 26.0. The van der Waals surface area contributed by atoms with Crippen LogP contribution >= 0.6 is 0 Å². The summed E-state index contributed by atoms with van der Waals surface area (Å²) >= 11 is 0. The van der Waals surface area contributed by atoms with Crippen molar-refractivity contribution in [1.29, 1.82) is 0 Å². The summed E-state index contributed by atoms with van der Waals surface area (Å²) in [6.07, 6.45) is 0.0908. The van der Waals surface area contributed by atoms with Crippen molar-refractivity contribution in [2.75, 3.05) is 6.61 Å². The van der Waals surface area contributed by atoms with Crippen molar-refractivity contribution in [3.63, 3.8) is 0 Å². The topological polar surface area (TPSA) is 64.6 Å². The third kappa shape index (κ3) is 7.59. The van der Waals surface area contributed by atoms with E-state index < -0.39 is 17.8 Å².